The standard InChI is InChI=1S/C10H22N2O2/c1-3-9(13-2)10(12-11)8-4-6-14-7-5-8/h8-10,12H,3-7,11H2,1-2H3. The maximum Gasteiger partial charge on any atom is 0.0737 e. The molecule has 0 saturated carbocycles. The highest BCUT2D eigenvalue weighted by Crippen LogP contribution is 2.22. The molecule has 4 nitrogen and oxygen atoms in total. The molecule has 0 aromatic carbocycles. The molecule has 0 bridgehead atoms. The van der Waals surface area contributed by atoms with E-state index in [-0.39, 0.29) is 12.1 Å². The topological polar surface area (TPSA) is 56.5 Å². The van der Waals surface area contributed by atoms with Crippen LogP contribution in [0, 0.1) is 5.92 Å². The van der Waals surface area contributed by atoms with E-state index in [1.165, 1.54) is 0 Å². The summed E-state index contributed by atoms with van der Waals surface area (Å²) in [6.45, 7) is 3.82. The smallest absolute Gasteiger partial charge is 0.0737 e. The van der Waals surface area contributed by atoms with E-state index in [0.717, 1.165) is 32.5 Å². The number of hydrazine groups is 1. The number of hydrogen-bond acceptors (Lipinski definition) is 4. The molecule has 2 unspecified atom stereocenters. The van der Waals surface area contributed by atoms with E-state index in [0.29, 0.717) is 5.92 Å². The van der Waals surface area contributed by atoms with Crippen molar-refractivity contribution in [1.82, 2.24) is 5.43 Å². The van der Waals surface area contributed by atoms with Gasteiger partial charge in [0, 0.05) is 20.3 Å². The summed E-state index contributed by atoms with van der Waals surface area (Å²) in [4.78, 5) is 0. The van der Waals surface area contributed by atoms with Gasteiger partial charge in [0.15, 0.2) is 0 Å². The van der Waals surface area contributed by atoms with E-state index in [1.54, 1.807) is 7.11 Å². The third kappa shape index (κ3) is 2.92. The summed E-state index contributed by atoms with van der Waals surface area (Å²) in [7, 11) is 1.75. The highest BCUT2D eigenvalue weighted by atomic mass is 16.5. The van der Waals surface area contributed by atoms with Crippen LogP contribution in [0.25, 0.3) is 0 Å². The number of ether oxygens (including phenoxy) is 2. The monoisotopic (exact) mass is 202 g/mol. The first-order valence-corrected chi connectivity index (χ1v) is 5.40. The molecule has 1 saturated heterocycles. The number of nitrogens with two attached hydrogens (primary N) is 1. The Bertz CT molecular complexity index is 145. The van der Waals surface area contributed by atoms with Gasteiger partial charge in [-0.15, -0.1) is 0 Å². The minimum Gasteiger partial charge on any atom is -0.381 e. The molecule has 0 radical (unpaired) electrons. The lowest BCUT2D eigenvalue weighted by Gasteiger charge is -2.34. The Morgan fingerprint density at radius 3 is 2.57 bits per heavy atom. The van der Waals surface area contributed by atoms with Gasteiger partial charge in [0.1, 0.15) is 0 Å². The molecule has 0 aromatic heterocycles. The van der Waals surface area contributed by atoms with Crippen LogP contribution < -0.4 is 11.3 Å². The second-order valence-electron chi connectivity index (χ2n) is 3.82. The first-order valence-electron chi connectivity index (χ1n) is 5.40. The summed E-state index contributed by atoms with van der Waals surface area (Å²) in [5.74, 6) is 6.17. The van der Waals surface area contributed by atoms with Crippen LogP contribution in [0.4, 0.5) is 0 Å². The normalized spacial score (nSPS) is 23.4. The molecule has 3 N–H and O–H groups in total. The zero-order chi connectivity index (χ0) is 10.4. The molecule has 84 valence electrons. The Kier molecular flexibility index (Phi) is 5.40. The average molecular weight is 202 g/mol. The van der Waals surface area contributed by atoms with Gasteiger partial charge < -0.3 is 9.47 Å². The molecule has 1 rings (SSSR count). The van der Waals surface area contributed by atoms with Crippen molar-refractivity contribution < 1.29 is 9.47 Å². The third-order valence-corrected chi connectivity index (χ3v) is 3.07. The van der Waals surface area contributed by atoms with E-state index in [4.69, 9.17) is 15.3 Å². The minimum atomic E-state index is 0.211. The van der Waals surface area contributed by atoms with Gasteiger partial charge in [0.2, 0.25) is 0 Å². The van der Waals surface area contributed by atoms with E-state index in [2.05, 4.69) is 12.3 Å². The zero-order valence-corrected chi connectivity index (χ0v) is 9.16. The zero-order valence-electron chi connectivity index (χ0n) is 9.16. The Hall–Kier alpha value is -0.160. The van der Waals surface area contributed by atoms with Crippen molar-refractivity contribution in [3.8, 4) is 0 Å². The fourth-order valence-electron chi connectivity index (χ4n) is 2.19. The van der Waals surface area contributed by atoms with Crippen molar-refractivity contribution >= 4 is 0 Å². The molecule has 0 aromatic rings. The van der Waals surface area contributed by atoms with Crippen molar-refractivity contribution in [3.05, 3.63) is 0 Å². The predicted molar refractivity (Wildman–Crippen MR) is 55.7 cm³/mol. The van der Waals surface area contributed by atoms with E-state index in [9.17, 15) is 0 Å². The Morgan fingerprint density at radius 1 is 1.50 bits per heavy atom. The lowest BCUT2D eigenvalue weighted by Crippen LogP contribution is -2.50. The summed E-state index contributed by atoms with van der Waals surface area (Å²) in [6, 6.07) is 0.258. The molecule has 0 aliphatic carbocycles. The number of nitrogens with one attached hydrogen (secondary N) is 1. The lowest BCUT2D eigenvalue weighted by molar-refractivity contribution is 0.00218. The van der Waals surface area contributed by atoms with Crippen molar-refractivity contribution in [2.45, 2.75) is 38.3 Å². The Morgan fingerprint density at radius 2 is 2.14 bits per heavy atom. The second-order valence-corrected chi connectivity index (χ2v) is 3.82. The molecular formula is C10H22N2O2. The third-order valence-electron chi connectivity index (χ3n) is 3.07. The number of hydrogen-bond donors (Lipinski definition) is 2. The molecule has 0 amide bonds. The van der Waals surface area contributed by atoms with Crippen LogP contribution in [0.15, 0.2) is 0 Å². The summed E-state index contributed by atoms with van der Waals surface area (Å²) in [6.07, 6.45) is 3.36. The molecule has 1 aliphatic rings. The lowest BCUT2D eigenvalue weighted by atomic mass is 9.88. The largest absolute Gasteiger partial charge is 0.381 e. The van der Waals surface area contributed by atoms with E-state index in [1.807, 2.05) is 0 Å². The summed E-state index contributed by atoms with van der Waals surface area (Å²) < 4.78 is 10.8. The van der Waals surface area contributed by atoms with E-state index >= 15 is 0 Å². The molecule has 0 spiro atoms. The van der Waals surface area contributed by atoms with Gasteiger partial charge >= 0.3 is 0 Å². The SMILES string of the molecule is CCC(OC)C(NN)C1CCOCC1. The molecule has 4 heteroatoms. The fraction of sp³-hybridized carbons (Fsp3) is 1.00. The van der Waals surface area contributed by atoms with Crippen LogP contribution in [0.5, 0.6) is 0 Å². The van der Waals surface area contributed by atoms with Gasteiger partial charge in [-0.05, 0) is 25.2 Å². The molecule has 1 fully saturated rings. The van der Waals surface area contributed by atoms with Crippen LogP contribution in [0.2, 0.25) is 0 Å². The molecular weight excluding hydrogens is 180 g/mol. The van der Waals surface area contributed by atoms with Gasteiger partial charge in [-0.3, -0.25) is 11.3 Å². The molecule has 2 atom stereocenters. The van der Waals surface area contributed by atoms with Gasteiger partial charge in [-0.2, -0.15) is 0 Å². The van der Waals surface area contributed by atoms with Crippen LogP contribution >= 0.6 is 0 Å². The molecule has 14 heavy (non-hydrogen) atoms. The molecule has 1 aliphatic heterocycles. The van der Waals surface area contributed by atoms with Gasteiger partial charge in [-0.1, -0.05) is 6.92 Å². The Balaban J connectivity index is 2.49. The highest BCUT2D eigenvalue weighted by Gasteiger charge is 2.28. The summed E-state index contributed by atoms with van der Waals surface area (Å²) in [5, 5.41) is 0. The van der Waals surface area contributed by atoms with Crippen molar-refractivity contribution in [1.29, 1.82) is 0 Å². The fourth-order valence-corrected chi connectivity index (χ4v) is 2.19. The Labute approximate surface area is 86.1 Å². The van der Waals surface area contributed by atoms with Crippen molar-refractivity contribution in [2.24, 2.45) is 11.8 Å². The molecule has 1 heterocycles. The quantitative estimate of drug-likeness (QED) is 0.508. The number of methoxy groups -OCH3 is 1. The van der Waals surface area contributed by atoms with Crippen molar-refractivity contribution in [2.75, 3.05) is 20.3 Å². The first kappa shape index (κ1) is 11.9. The average Bonchev–Trinajstić information content (AvgIpc) is 2.27. The first-order chi connectivity index (χ1) is 6.83. The van der Waals surface area contributed by atoms with Crippen LogP contribution in [-0.2, 0) is 9.47 Å². The maximum atomic E-state index is 5.58. The number of rotatable bonds is 5. The van der Waals surface area contributed by atoms with Gasteiger partial charge in [0.25, 0.3) is 0 Å². The summed E-state index contributed by atoms with van der Waals surface area (Å²) >= 11 is 0. The minimum absolute atomic E-state index is 0.211. The summed E-state index contributed by atoms with van der Waals surface area (Å²) in [5.41, 5.74) is 2.89. The van der Waals surface area contributed by atoms with Crippen LogP contribution in [0.1, 0.15) is 26.2 Å². The van der Waals surface area contributed by atoms with E-state index < -0.39 is 0 Å². The highest BCUT2D eigenvalue weighted by molar-refractivity contribution is 4.83. The van der Waals surface area contributed by atoms with Crippen LogP contribution in [0.3, 0.4) is 0 Å². The van der Waals surface area contributed by atoms with Gasteiger partial charge in [-0.25, -0.2) is 0 Å². The predicted octanol–water partition coefficient (Wildman–Crippen LogP) is 0.670. The second kappa shape index (κ2) is 6.35. The van der Waals surface area contributed by atoms with Crippen LogP contribution in [-0.4, -0.2) is 32.5 Å². The van der Waals surface area contributed by atoms with Gasteiger partial charge in [0.05, 0.1) is 12.1 Å². The maximum absolute atomic E-state index is 5.58. The van der Waals surface area contributed by atoms with Crippen molar-refractivity contribution in [3.63, 3.8) is 0 Å².